The van der Waals surface area contributed by atoms with Crippen molar-refractivity contribution >= 4 is 28.0 Å². The summed E-state index contributed by atoms with van der Waals surface area (Å²) in [6, 6.07) is 25.8. The predicted molar refractivity (Wildman–Crippen MR) is 181 cm³/mol. The lowest BCUT2D eigenvalue weighted by Gasteiger charge is -2.33. The van der Waals surface area contributed by atoms with Gasteiger partial charge in [0.25, 0.3) is 0 Å². The predicted octanol–water partition coefficient (Wildman–Crippen LogP) is 7.35. The summed E-state index contributed by atoms with van der Waals surface area (Å²) in [5.41, 5.74) is 7.86. The zero-order valence-corrected chi connectivity index (χ0v) is 27.0. The summed E-state index contributed by atoms with van der Waals surface area (Å²) < 4.78 is 32.6. The molecule has 0 amide bonds. The van der Waals surface area contributed by atoms with Crippen LogP contribution >= 0.6 is 0 Å². The highest BCUT2D eigenvalue weighted by molar-refractivity contribution is 7.90. The average molecular weight is 636 g/mol. The summed E-state index contributed by atoms with van der Waals surface area (Å²) in [4.78, 5) is 5.21. The molecule has 2 atom stereocenters. The molecule has 7 rings (SSSR count). The van der Waals surface area contributed by atoms with Crippen LogP contribution in [0.3, 0.4) is 0 Å². The third-order valence-corrected chi connectivity index (χ3v) is 10.2. The standard InChI is InChI=1S/C37H37N3O5S/c1-23(38-20-24-12-13-32-34(16-24)44-22-43-32)29-18-28-21-40(46(42)37(2,3)4)30(14-15-41)35(28)36(39-29)27-10-7-9-25(17-27)33-19-26-8-5-6-11-31(26)45-33/h5-13,16-19,30,38,41H,1,14-15,20-22H2,2-4H3/t30-,46?/m1/s1. The summed E-state index contributed by atoms with van der Waals surface area (Å²) in [6.45, 7) is 11.5. The highest BCUT2D eigenvalue weighted by atomic mass is 32.2. The lowest BCUT2D eigenvalue weighted by atomic mass is 9.94. The Bertz CT molecular complexity index is 1900. The highest BCUT2D eigenvalue weighted by Crippen LogP contribution is 2.46. The first kappa shape index (κ1) is 30.4. The number of fused-ring (bicyclic) bond motifs is 3. The number of pyridine rings is 1. The molecule has 0 saturated heterocycles. The molecular formula is C37H37N3O5S. The van der Waals surface area contributed by atoms with Crippen LogP contribution in [0.5, 0.6) is 11.5 Å². The third kappa shape index (κ3) is 5.76. The van der Waals surface area contributed by atoms with Crippen LogP contribution in [0.2, 0.25) is 0 Å². The van der Waals surface area contributed by atoms with E-state index in [0.717, 1.165) is 61.7 Å². The molecule has 2 N–H and O–H groups in total. The second-order valence-electron chi connectivity index (χ2n) is 12.6. The molecule has 0 spiro atoms. The number of aliphatic hydroxyl groups excluding tert-OH is 1. The number of hydrogen-bond acceptors (Lipinski definition) is 8. The van der Waals surface area contributed by atoms with Gasteiger partial charge in [0.05, 0.1) is 29.7 Å². The Morgan fingerprint density at radius 2 is 1.83 bits per heavy atom. The van der Waals surface area contributed by atoms with Crippen LogP contribution in [0, 0.1) is 0 Å². The Morgan fingerprint density at radius 1 is 1.02 bits per heavy atom. The fraction of sp³-hybridized carbons (Fsp3) is 0.270. The van der Waals surface area contributed by atoms with Crippen molar-refractivity contribution < 1.29 is 23.6 Å². The molecule has 2 aliphatic heterocycles. The summed E-state index contributed by atoms with van der Waals surface area (Å²) in [7, 11) is 0. The van der Waals surface area contributed by atoms with Crippen molar-refractivity contribution in [2.75, 3.05) is 13.4 Å². The van der Waals surface area contributed by atoms with E-state index in [9.17, 15) is 9.66 Å². The van der Waals surface area contributed by atoms with Crippen LogP contribution in [0.4, 0.5) is 0 Å². The maximum Gasteiger partial charge on any atom is 0.231 e. The van der Waals surface area contributed by atoms with Crippen LogP contribution in [0.15, 0.2) is 89.9 Å². The molecule has 5 aromatic rings. The number of aliphatic hydroxyl groups is 1. The molecule has 9 heteroatoms. The fourth-order valence-electron chi connectivity index (χ4n) is 6.14. The van der Waals surface area contributed by atoms with Gasteiger partial charge in [0.2, 0.25) is 6.79 Å². The molecule has 0 saturated carbocycles. The maximum absolute atomic E-state index is 13.8. The van der Waals surface area contributed by atoms with Gasteiger partial charge in [-0.05, 0) is 74.7 Å². The number of rotatable bonds is 9. The van der Waals surface area contributed by atoms with Crippen LogP contribution in [0.25, 0.3) is 39.2 Å². The Morgan fingerprint density at radius 3 is 2.63 bits per heavy atom. The number of nitrogens with one attached hydrogen (secondary N) is 1. The minimum atomic E-state index is -1.30. The van der Waals surface area contributed by atoms with Crippen molar-refractivity contribution in [2.45, 2.75) is 51.1 Å². The van der Waals surface area contributed by atoms with E-state index in [0.29, 0.717) is 30.9 Å². The van der Waals surface area contributed by atoms with Gasteiger partial charge in [-0.25, -0.2) is 4.98 Å². The molecule has 0 aliphatic carbocycles. The lowest BCUT2D eigenvalue weighted by molar-refractivity contribution is 0.174. The van der Waals surface area contributed by atoms with Gasteiger partial charge < -0.3 is 28.9 Å². The topological polar surface area (TPSA) is 103 Å². The van der Waals surface area contributed by atoms with E-state index in [4.69, 9.17) is 18.9 Å². The van der Waals surface area contributed by atoms with Crippen LogP contribution in [-0.2, 0) is 24.5 Å². The number of ether oxygens (including phenoxy) is 2. The third-order valence-electron chi connectivity index (χ3n) is 8.39. The summed E-state index contributed by atoms with van der Waals surface area (Å²) in [5, 5.41) is 14.6. The van der Waals surface area contributed by atoms with Crippen molar-refractivity contribution in [3.8, 4) is 34.1 Å². The van der Waals surface area contributed by atoms with Gasteiger partial charge in [-0.2, -0.15) is 0 Å². The van der Waals surface area contributed by atoms with E-state index in [2.05, 4.69) is 18.0 Å². The van der Waals surface area contributed by atoms with Gasteiger partial charge >= 0.3 is 0 Å². The molecule has 0 bridgehead atoms. The number of hydrogen-bond donors (Lipinski definition) is 2. The molecule has 0 radical (unpaired) electrons. The van der Waals surface area contributed by atoms with Crippen molar-refractivity contribution in [1.29, 1.82) is 0 Å². The van der Waals surface area contributed by atoms with Crippen molar-refractivity contribution in [3.63, 3.8) is 0 Å². The van der Waals surface area contributed by atoms with E-state index in [1.165, 1.54) is 0 Å². The maximum atomic E-state index is 13.8. The van der Waals surface area contributed by atoms with Gasteiger partial charge in [0.1, 0.15) is 16.1 Å². The normalized spacial score (nSPS) is 16.5. The quantitative estimate of drug-likeness (QED) is 0.162. The molecule has 46 heavy (non-hydrogen) atoms. The van der Waals surface area contributed by atoms with Crippen molar-refractivity contribution in [2.24, 2.45) is 0 Å². The fourth-order valence-corrected chi connectivity index (χ4v) is 7.54. The molecule has 1 unspecified atom stereocenters. The largest absolute Gasteiger partial charge is 0.597 e. The molecule has 4 heterocycles. The van der Waals surface area contributed by atoms with E-state index >= 15 is 0 Å². The number of aromatic nitrogens is 1. The van der Waals surface area contributed by atoms with Crippen molar-refractivity contribution in [3.05, 3.63) is 108 Å². The van der Waals surface area contributed by atoms with Gasteiger partial charge in [-0.3, -0.25) is 0 Å². The molecule has 2 aliphatic rings. The second-order valence-corrected chi connectivity index (χ2v) is 14.8. The van der Waals surface area contributed by atoms with E-state index in [-0.39, 0.29) is 19.4 Å². The van der Waals surface area contributed by atoms with Crippen LogP contribution < -0.4 is 14.8 Å². The van der Waals surface area contributed by atoms with E-state index in [1.54, 1.807) is 0 Å². The average Bonchev–Trinajstić information content (AvgIpc) is 3.79. The van der Waals surface area contributed by atoms with E-state index < -0.39 is 16.1 Å². The summed E-state index contributed by atoms with van der Waals surface area (Å²) in [6.07, 6.45) is 0.440. The van der Waals surface area contributed by atoms with Crippen molar-refractivity contribution in [1.82, 2.24) is 14.6 Å². The molecular weight excluding hydrogens is 598 g/mol. The zero-order valence-electron chi connectivity index (χ0n) is 26.2. The van der Waals surface area contributed by atoms with Gasteiger partial charge in [0.15, 0.2) is 11.5 Å². The minimum absolute atomic E-state index is 0.0358. The Hall–Kier alpha value is -4.28. The smallest absolute Gasteiger partial charge is 0.231 e. The number of furan rings is 1. The SMILES string of the molecule is C=C(NCc1ccc2c(c1)OCO2)c1cc2c(c(-c3cccc(-c4cc5ccccc5o4)c3)n1)[C@@H](CCO)N([S+]([O-])C(C)(C)C)C2. The van der Waals surface area contributed by atoms with Crippen LogP contribution in [0.1, 0.15) is 55.6 Å². The number of benzene rings is 3. The summed E-state index contributed by atoms with van der Waals surface area (Å²) in [5.74, 6) is 2.24. The minimum Gasteiger partial charge on any atom is -0.597 e. The highest BCUT2D eigenvalue weighted by Gasteiger charge is 2.44. The number of para-hydroxylation sites is 1. The molecule has 3 aromatic carbocycles. The van der Waals surface area contributed by atoms with Gasteiger partial charge in [-0.1, -0.05) is 49.0 Å². The van der Waals surface area contributed by atoms with Gasteiger partial charge in [-0.15, -0.1) is 4.31 Å². The first-order valence-corrected chi connectivity index (χ1v) is 16.5. The molecule has 8 nitrogen and oxygen atoms in total. The Kier molecular flexibility index (Phi) is 8.02. The number of nitrogens with zero attached hydrogens (tertiary/aromatic N) is 2. The summed E-state index contributed by atoms with van der Waals surface area (Å²) >= 11 is -1.30. The first-order valence-electron chi connectivity index (χ1n) is 15.4. The molecule has 2 aromatic heterocycles. The molecule has 0 fully saturated rings. The Balaban J connectivity index is 1.28. The van der Waals surface area contributed by atoms with Crippen LogP contribution in [-0.4, -0.2) is 37.1 Å². The Labute approximate surface area is 272 Å². The first-order chi connectivity index (χ1) is 22.2. The monoisotopic (exact) mass is 635 g/mol. The van der Waals surface area contributed by atoms with E-state index in [1.807, 2.05) is 97.9 Å². The molecule has 236 valence electrons. The zero-order chi connectivity index (χ0) is 32.0. The lowest BCUT2D eigenvalue weighted by Crippen LogP contribution is -2.42. The second kappa shape index (κ2) is 12.1. The van der Waals surface area contributed by atoms with Gasteiger partial charge in [0, 0.05) is 46.6 Å².